The standard InChI is InChI=1S/C21H21F2N7O3/c1-12-8-30-17(7-25-21(30)20(27-12)24-6-14(32)11-31)13-5-26-29(9-13)10-18(33)28-16-4-2-3-15(22)19(16)23/h2-5,7-9,14,31-32H,6,10-11H2,1H3,(H,24,27)(H,28,33). The zero-order valence-corrected chi connectivity index (χ0v) is 17.5. The average molecular weight is 457 g/mol. The number of nitrogens with zero attached hydrogens (tertiary/aromatic N) is 5. The number of amides is 1. The number of aliphatic hydroxyl groups excluding tert-OH is 2. The van der Waals surface area contributed by atoms with Gasteiger partial charge in [0.1, 0.15) is 6.54 Å². The van der Waals surface area contributed by atoms with Gasteiger partial charge in [0.15, 0.2) is 23.1 Å². The molecule has 0 fully saturated rings. The van der Waals surface area contributed by atoms with E-state index in [0.29, 0.717) is 28.4 Å². The number of nitrogens with one attached hydrogen (secondary N) is 2. The van der Waals surface area contributed by atoms with Crippen LogP contribution < -0.4 is 10.6 Å². The van der Waals surface area contributed by atoms with Gasteiger partial charge in [-0.2, -0.15) is 5.10 Å². The molecule has 10 nitrogen and oxygen atoms in total. The summed E-state index contributed by atoms with van der Waals surface area (Å²) in [4.78, 5) is 21.0. The predicted molar refractivity (Wildman–Crippen MR) is 116 cm³/mol. The van der Waals surface area contributed by atoms with Gasteiger partial charge in [-0.25, -0.2) is 18.7 Å². The second-order valence-corrected chi connectivity index (χ2v) is 7.36. The second-order valence-electron chi connectivity index (χ2n) is 7.36. The van der Waals surface area contributed by atoms with Gasteiger partial charge in [-0.15, -0.1) is 0 Å². The Bertz CT molecular complexity index is 1300. The molecule has 172 valence electrons. The number of rotatable bonds is 8. The SMILES string of the molecule is Cc1cn2c(-c3cnn(CC(=O)Nc4cccc(F)c4F)c3)cnc2c(NCC(O)CO)n1. The number of halogens is 2. The van der Waals surface area contributed by atoms with Crippen molar-refractivity contribution in [3.05, 3.63) is 60.3 Å². The first-order valence-corrected chi connectivity index (χ1v) is 10.00. The molecule has 0 aliphatic heterocycles. The first kappa shape index (κ1) is 22.3. The molecule has 0 aliphatic rings. The fourth-order valence-electron chi connectivity index (χ4n) is 3.24. The van der Waals surface area contributed by atoms with E-state index in [1.165, 1.54) is 16.8 Å². The summed E-state index contributed by atoms with van der Waals surface area (Å²) >= 11 is 0. The summed E-state index contributed by atoms with van der Waals surface area (Å²) in [7, 11) is 0. The lowest BCUT2D eigenvalue weighted by Gasteiger charge is -2.11. The monoisotopic (exact) mass is 457 g/mol. The summed E-state index contributed by atoms with van der Waals surface area (Å²) in [5.74, 6) is -2.30. The zero-order valence-electron chi connectivity index (χ0n) is 17.5. The van der Waals surface area contributed by atoms with E-state index in [4.69, 9.17) is 5.11 Å². The van der Waals surface area contributed by atoms with E-state index < -0.39 is 23.6 Å². The molecule has 1 amide bonds. The topological polar surface area (TPSA) is 130 Å². The predicted octanol–water partition coefficient (Wildman–Crippen LogP) is 1.58. The normalized spacial score (nSPS) is 12.2. The number of hydrogen-bond donors (Lipinski definition) is 4. The van der Waals surface area contributed by atoms with Crippen molar-refractivity contribution in [3.63, 3.8) is 0 Å². The molecule has 3 aromatic heterocycles. The molecule has 0 aliphatic carbocycles. The first-order valence-electron chi connectivity index (χ1n) is 10.00. The van der Waals surface area contributed by atoms with E-state index in [1.54, 1.807) is 36.1 Å². The highest BCUT2D eigenvalue weighted by atomic mass is 19.2. The Balaban J connectivity index is 1.53. The van der Waals surface area contributed by atoms with Gasteiger partial charge >= 0.3 is 0 Å². The number of aliphatic hydroxyl groups is 2. The molecule has 0 spiro atoms. The molecule has 0 radical (unpaired) electrons. The van der Waals surface area contributed by atoms with Gasteiger partial charge in [0.2, 0.25) is 5.91 Å². The fourth-order valence-corrected chi connectivity index (χ4v) is 3.24. The van der Waals surface area contributed by atoms with E-state index in [-0.39, 0.29) is 25.4 Å². The van der Waals surface area contributed by atoms with Crippen LogP contribution in [-0.2, 0) is 11.3 Å². The number of carbonyl (C=O) groups is 1. The van der Waals surface area contributed by atoms with Crippen molar-refractivity contribution in [2.45, 2.75) is 19.6 Å². The number of anilines is 2. The van der Waals surface area contributed by atoms with Crippen molar-refractivity contribution < 1.29 is 23.8 Å². The number of aromatic nitrogens is 5. The van der Waals surface area contributed by atoms with E-state index in [1.807, 2.05) is 0 Å². The molecule has 0 saturated heterocycles. The van der Waals surface area contributed by atoms with Crippen LogP contribution >= 0.6 is 0 Å². The molecule has 1 aromatic carbocycles. The van der Waals surface area contributed by atoms with Crippen LogP contribution in [0.25, 0.3) is 16.9 Å². The Kier molecular flexibility index (Phi) is 6.29. The lowest BCUT2D eigenvalue weighted by Crippen LogP contribution is -2.23. The Morgan fingerprint density at radius 1 is 1.24 bits per heavy atom. The highest BCUT2D eigenvalue weighted by Crippen LogP contribution is 2.24. The molecular formula is C21H21F2N7O3. The number of aryl methyl sites for hydroxylation is 1. The fraction of sp³-hybridized carbons (Fsp3) is 0.238. The Morgan fingerprint density at radius 2 is 2.06 bits per heavy atom. The Morgan fingerprint density at radius 3 is 2.85 bits per heavy atom. The van der Waals surface area contributed by atoms with Crippen molar-refractivity contribution >= 4 is 23.1 Å². The third kappa shape index (κ3) is 4.81. The summed E-state index contributed by atoms with van der Waals surface area (Å²) < 4.78 is 30.2. The molecule has 4 rings (SSSR count). The van der Waals surface area contributed by atoms with Crippen LogP contribution in [0.2, 0.25) is 0 Å². The van der Waals surface area contributed by atoms with Crippen molar-refractivity contribution in [2.75, 3.05) is 23.8 Å². The van der Waals surface area contributed by atoms with Crippen LogP contribution in [-0.4, -0.2) is 59.5 Å². The smallest absolute Gasteiger partial charge is 0.246 e. The highest BCUT2D eigenvalue weighted by Gasteiger charge is 2.15. The Hall–Kier alpha value is -3.90. The summed E-state index contributed by atoms with van der Waals surface area (Å²) in [5.41, 5.74) is 2.30. The van der Waals surface area contributed by atoms with Gasteiger partial charge in [0.25, 0.3) is 0 Å². The number of fused-ring (bicyclic) bond motifs is 1. The van der Waals surface area contributed by atoms with Gasteiger partial charge in [0.05, 0.1) is 42.2 Å². The van der Waals surface area contributed by atoms with Crippen molar-refractivity contribution in [3.8, 4) is 11.3 Å². The van der Waals surface area contributed by atoms with E-state index in [9.17, 15) is 18.7 Å². The molecular weight excluding hydrogens is 436 g/mol. The number of benzene rings is 1. The molecule has 0 bridgehead atoms. The minimum absolute atomic E-state index is 0.101. The van der Waals surface area contributed by atoms with Crippen LogP contribution in [0.5, 0.6) is 0 Å². The molecule has 0 saturated carbocycles. The summed E-state index contributed by atoms with van der Waals surface area (Å²) in [6.45, 7) is 1.31. The van der Waals surface area contributed by atoms with Gasteiger partial charge in [-0.1, -0.05) is 6.07 Å². The molecule has 3 heterocycles. The first-order chi connectivity index (χ1) is 15.9. The number of hydrogen-bond acceptors (Lipinski definition) is 7. The number of imidazole rings is 1. The zero-order chi connectivity index (χ0) is 23.5. The molecule has 4 aromatic rings. The van der Waals surface area contributed by atoms with Gasteiger partial charge in [-0.3, -0.25) is 13.9 Å². The van der Waals surface area contributed by atoms with Crippen LogP contribution in [0, 0.1) is 18.6 Å². The molecule has 1 atom stereocenters. The Labute approximate surface area is 186 Å². The summed E-state index contributed by atoms with van der Waals surface area (Å²) in [6.07, 6.45) is 5.64. The van der Waals surface area contributed by atoms with Gasteiger partial charge in [0, 0.05) is 24.5 Å². The lowest BCUT2D eigenvalue weighted by molar-refractivity contribution is -0.116. The maximum absolute atomic E-state index is 13.8. The largest absolute Gasteiger partial charge is 0.394 e. The maximum atomic E-state index is 13.8. The lowest BCUT2D eigenvalue weighted by atomic mass is 10.3. The summed E-state index contributed by atoms with van der Waals surface area (Å²) in [6, 6.07) is 3.54. The van der Waals surface area contributed by atoms with Gasteiger partial charge in [-0.05, 0) is 19.1 Å². The minimum atomic E-state index is -1.13. The van der Waals surface area contributed by atoms with Crippen molar-refractivity contribution in [2.24, 2.45) is 0 Å². The van der Waals surface area contributed by atoms with Crippen LogP contribution in [0.4, 0.5) is 20.3 Å². The van der Waals surface area contributed by atoms with Crippen molar-refractivity contribution in [1.82, 2.24) is 24.1 Å². The van der Waals surface area contributed by atoms with Crippen LogP contribution in [0.15, 0.2) is 43.0 Å². The average Bonchev–Trinajstić information content (AvgIpc) is 3.41. The summed E-state index contributed by atoms with van der Waals surface area (Å²) in [5, 5.41) is 28.1. The van der Waals surface area contributed by atoms with Crippen molar-refractivity contribution in [1.29, 1.82) is 0 Å². The molecule has 33 heavy (non-hydrogen) atoms. The highest BCUT2D eigenvalue weighted by molar-refractivity contribution is 5.90. The third-order valence-corrected chi connectivity index (χ3v) is 4.79. The van der Waals surface area contributed by atoms with Crippen LogP contribution in [0.3, 0.4) is 0 Å². The third-order valence-electron chi connectivity index (χ3n) is 4.79. The van der Waals surface area contributed by atoms with E-state index in [0.717, 1.165) is 6.07 Å². The maximum Gasteiger partial charge on any atom is 0.246 e. The molecule has 1 unspecified atom stereocenters. The number of carbonyl (C=O) groups excluding carboxylic acids is 1. The van der Waals surface area contributed by atoms with E-state index in [2.05, 4.69) is 25.7 Å². The van der Waals surface area contributed by atoms with Crippen LogP contribution in [0.1, 0.15) is 5.69 Å². The quantitative estimate of drug-likeness (QED) is 0.316. The van der Waals surface area contributed by atoms with Gasteiger partial charge < -0.3 is 20.8 Å². The minimum Gasteiger partial charge on any atom is -0.394 e. The van der Waals surface area contributed by atoms with E-state index >= 15 is 0 Å². The molecule has 12 heteroatoms. The second kappa shape index (κ2) is 9.30. The molecule has 4 N–H and O–H groups in total.